The molecule has 1 heterocycles. The number of carbonyl (C=O) groups excluding carboxylic acids is 1. The molecule has 0 aromatic carbocycles. The predicted molar refractivity (Wildman–Crippen MR) is 73.3 cm³/mol. The lowest BCUT2D eigenvalue weighted by Gasteiger charge is -2.29. The second kappa shape index (κ2) is 5.71. The number of amides is 1. The van der Waals surface area contributed by atoms with Crippen LogP contribution in [0.25, 0.3) is 0 Å². The molecule has 18 heavy (non-hydrogen) atoms. The molecule has 4 nitrogen and oxygen atoms in total. The van der Waals surface area contributed by atoms with Crippen molar-refractivity contribution >= 4 is 17.7 Å². The van der Waals surface area contributed by atoms with E-state index < -0.39 is 0 Å². The van der Waals surface area contributed by atoms with Crippen molar-refractivity contribution in [2.45, 2.75) is 30.2 Å². The first-order valence-corrected chi connectivity index (χ1v) is 7.16. The van der Waals surface area contributed by atoms with E-state index in [1.807, 2.05) is 19.1 Å². The number of pyridine rings is 1. The molecule has 0 bridgehead atoms. The Morgan fingerprint density at radius 3 is 2.78 bits per heavy atom. The van der Waals surface area contributed by atoms with Gasteiger partial charge >= 0.3 is 0 Å². The van der Waals surface area contributed by atoms with Crippen molar-refractivity contribution in [2.75, 3.05) is 12.3 Å². The van der Waals surface area contributed by atoms with Gasteiger partial charge in [0, 0.05) is 23.8 Å². The van der Waals surface area contributed by atoms with Crippen LogP contribution in [0.2, 0.25) is 0 Å². The lowest BCUT2D eigenvalue weighted by Crippen LogP contribution is -2.53. The quantitative estimate of drug-likeness (QED) is 0.763. The summed E-state index contributed by atoms with van der Waals surface area (Å²) < 4.78 is 0. The Morgan fingerprint density at radius 2 is 2.22 bits per heavy atom. The first-order chi connectivity index (χ1) is 8.64. The average molecular weight is 265 g/mol. The molecule has 98 valence electrons. The van der Waals surface area contributed by atoms with Gasteiger partial charge in [-0.3, -0.25) is 9.78 Å². The summed E-state index contributed by atoms with van der Waals surface area (Å²) in [4.78, 5) is 16.9. The van der Waals surface area contributed by atoms with Gasteiger partial charge in [-0.15, -0.1) is 11.8 Å². The number of nitrogens with one attached hydrogen (secondary N) is 1. The van der Waals surface area contributed by atoms with E-state index in [0.29, 0.717) is 18.2 Å². The zero-order chi connectivity index (χ0) is 13.0. The molecular weight excluding hydrogens is 246 g/mol. The molecule has 2 rings (SSSR count). The summed E-state index contributed by atoms with van der Waals surface area (Å²) in [6, 6.07) is 3.81. The Balaban J connectivity index is 1.81. The Morgan fingerprint density at radius 1 is 1.56 bits per heavy atom. The summed E-state index contributed by atoms with van der Waals surface area (Å²) in [5.74, 6) is 1.03. The van der Waals surface area contributed by atoms with Crippen LogP contribution >= 0.6 is 11.8 Å². The third kappa shape index (κ3) is 3.46. The Labute approximate surface area is 112 Å². The fourth-order valence-corrected chi connectivity index (χ4v) is 2.66. The van der Waals surface area contributed by atoms with Crippen LogP contribution in [0, 0.1) is 5.92 Å². The number of thioether (sulfide) groups is 1. The van der Waals surface area contributed by atoms with E-state index in [2.05, 4.69) is 10.3 Å². The predicted octanol–water partition coefficient (Wildman–Crippen LogP) is 1.42. The summed E-state index contributed by atoms with van der Waals surface area (Å²) in [6.45, 7) is 2.54. The second-order valence-corrected chi connectivity index (χ2v) is 5.96. The minimum Gasteiger partial charge on any atom is -0.349 e. The average Bonchev–Trinajstić information content (AvgIpc) is 3.22. The third-order valence-electron chi connectivity index (χ3n) is 3.35. The van der Waals surface area contributed by atoms with Gasteiger partial charge in [0.1, 0.15) is 0 Å². The van der Waals surface area contributed by atoms with Gasteiger partial charge in [0.25, 0.3) is 0 Å². The summed E-state index contributed by atoms with van der Waals surface area (Å²) >= 11 is 1.52. The Hall–Kier alpha value is -1.07. The van der Waals surface area contributed by atoms with E-state index in [1.165, 1.54) is 24.6 Å². The minimum atomic E-state index is -0.226. The molecule has 1 unspecified atom stereocenters. The molecule has 0 saturated heterocycles. The molecule has 1 aliphatic carbocycles. The van der Waals surface area contributed by atoms with Gasteiger partial charge in [-0.05, 0) is 37.8 Å². The largest absolute Gasteiger partial charge is 0.349 e. The summed E-state index contributed by atoms with van der Waals surface area (Å²) in [7, 11) is 0. The van der Waals surface area contributed by atoms with Crippen molar-refractivity contribution in [1.82, 2.24) is 10.3 Å². The highest BCUT2D eigenvalue weighted by Crippen LogP contribution is 2.39. The molecule has 0 spiro atoms. The Bertz CT molecular complexity index is 408. The smallest absolute Gasteiger partial charge is 0.230 e. The minimum absolute atomic E-state index is 0.0525. The van der Waals surface area contributed by atoms with E-state index in [1.54, 1.807) is 12.4 Å². The number of carbonyl (C=O) groups is 1. The van der Waals surface area contributed by atoms with E-state index >= 15 is 0 Å². The van der Waals surface area contributed by atoms with Crippen LogP contribution in [-0.2, 0) is 4.79 Å². The Kier molecular flexibility index (Phi) is 4.24. The van der Waals surface area contributed by atoms with Gasteiger partial charge < -0.3 is 11.1 Å². The first kappa shape index (κ1) is 13.4. The normalized spacial score (nSPS) is 18.1. The van der Waals surface area contributed by atoms with Gasteiger partial charge in [0.05, 0.1) is 11.3 Å². The first-order valence-electron chi connectivity index (χ1n) is 6.18. The van der Waals surface area contributed by atoms with Crippen molar-refractivity contribution in [3.8, 4) is 0 Å². The molecule has 0 radical (unpaired) electrons. The topological polar surface area (TPSA) is 68.0 Å². The van der Waals surface area contributed by atoms with Crippen LogP contribution in [-0.4, -0.2) is 28.7 Å². The molecule has 1 saturated carbocycles. The maximum Gasteiger partial charge on any atom is 0.230 e. The number of hydrogen-bond acceptors (Lipinski definition) is 4. The summed E-state index contributed by atoms with van der Waals surface area (Å²) in [6.07, 6.45) is 5.81. The van der Waals surface area contributed by atoms with Crippen LogP contribution in [0.1, 0.15) is 19.8 Å². The van der Waals surface area contributed by atoms with Gasteiger partial charge in [0.2, 0.25) is 5.91 Å². The van der Waals surface area contributed by atoms with Crippen molar-refractivity contribution in [3.05, 3.63) is 24.5 Å². The van der Waals surface area contributed by atoms with Crippen LogP contribution in [0.3, 0.4) is 0 Å². The van der Waals surface area contributed by atoms with Crippen molar-refractivity contribution in [2.24, 2.45) is 11.7 Å². The zero-order valence-corrected chi connectivity index (χ0v) is 11.4. The summed E-state index contributed by atoms with van der Waals surface area (Å²) in [5.41, 5.74) is 5.55. The highest BCUT2D eigenvalue weighted by atomic mass is 32.2. The molecule has 1 aliphatic rings. The van der Waals surface area contributed by atoms with Crippen molar-refractivity contribution in [3.63, 3.8) is 0 Å². The number of nitrogens with zero attached hydrogens (tertiary/aromatic N) is 1. The molecule has 3 N–H and O–H groups in total. The third-order valence-corrected chi connectivity index (χ3v) is 4.36. The number of rotatable bonds is 6. The highest BCUT2D eigenvalue weighted by molar-refractivity contribution is 8.00. The maximum atomic E-state index is 11.9. The fraction of sp³-hybridized carbons (Fsp3) is 0.538. The molecule has 1 aromatic heterocycles. The molecule has 1 amide bonds. The lowest BCUT2D eigenvalue weighted by molar-refractivity contribution is -0.120. The van der Waals surface area contributed by atoms with E-state index in [9.17, 15) is 4.79 Å². The van der Waals surface area contributed by atoms with E-state index in [4.69, 9.17) is 5.73 Å². The van der Waals surface area contributed by atoms with Crippen LogP contribution < -0.4 is 11.1 Å². The van der Waals surface area contributed by atoms with Crippen LogP contribution in [0.4, 0.5) is 0 Å². The van der Waals surface area contributed by atoms with Gasteiger partial charge in [-0.2, -0.15) is 0 Å². The monoisotopic (exact) mass is 265 g/mol. The number of hydrogen-bond donors (Lipinski definition) is 2. The van der Waals surface area contributed by atoms with Crippen molar-refractivity contribution < 1.29 is 4.79 Å². The molecule has 1 atom stereocenters. The summed E-state index contributed by atoms with van der Waals surface area (Å²) in [5, 5.41) is 3.07. The van der Waals surface area contributed by atoms with Gasteiger partial charge in [-0.25, -0.2) is 0 Å². The van der Waals surface area contributed by atoms with Crippen molar-refractivity contribution in [1.29, 1.82) is 0 Å². The molecule has 1 fully saturated rings. The lowest BCUT2D eigenvalue weighted by atomic mass is 9.96. The van der Waals surface area contributed by atoms with E-state index in [-0.39, 0.29) is 11.4 Å². The number of aromatic nitrogens is 1. The SMILES string of the molecule is CC(CN)(NC(=O)CSc1ccncc1)C1CC1. The van der Waals surface area contributed by atoms with Gasteiger partial charge in [0.15, 0.2) is 0 Å². The number of nitrogens with two attached hydrogens (primary N) is 1. The zero-order valence-electron chi connectivity index (χ0n) is 10.6. The van der Waals surface area contributed by atoms with E-state index in [0.717, 1.165) is 4.90 Å². The van der Waals surface area contributed by atoms with Gasteiger partial charge in [-0.1, -0.05) is 0 Å². The molecule has 1 aromatic rings. The molecule has 5 heteroatoms. The molecular formula is C13H19N3OS. The van der Waals surface area contributed by atoms with Crippen LogP contribution in [0.15, 0.2) is 29.4 Å². The maximum absolute atomic E-state index is 11.9. The standard InChI is InChI=1S/C13H19N3OS/c1-13(9-14,10-2-3-10)16-12(17)8-18-11-4-6-15-7-5-11/h4-7,10H,2-3,8-9,14H2,1H3,(H,16,17). The molecule has 0 aliphatic heterocycles. The fourth-order valence-electron chi connectivity index (χ4n) is 1.98. The highest BCUT2D eigenvalue weighted by Gasteiger charge is 2.41. The van der Waals surface area contributed by atoms with Crippen LogP contribution in [0.5, 0.6) is 0 Å². The second-order valence-electron chi connectivity index (χ2n) is 4.92.